The molecule has 12 heteroatoms. The molecule has 1 aromatic carbocycles. The number of carbonyl (C=O) groups excluding carboxylic acids is 1. The smallest absolute Gasteiger partial charge is 0.455 e. The van der Waals surface area contributed by atoms with E-state index in [9.17, 15) is 18.4 Å². The zero-order valence-corrected chi connectivity index (χ0v) is 16.0. The molecule has 157 valence electrons. The van der Waals surface area contributed by atoms with Crippen molar-refractivity contribution in [3.8, 4) is 5.75 Å². The summed E-state index contributed by atoms with van der Waals surface area (Å²) in [4.78, 5) is 26.5. The minimum Gasteiger partial charge on any atom is -0.455 e. The van der Waals surface area contributed by atoms with Gasteiger partial charge >= 0.3 is 6.29 Å². The van der Waals surface area contributed by atoms with Gasteiger partial charge in [-0.25, -0.2) is 4.68 Å². The number of rotatable bonds is 4. The molecule has 0 saturated heterocycles. The van der Waals surface area contributed by atoms with Crippen LogP contribution in [0.3, 0.4) is 0 Å². The molecule has 4 rings (SSSR count). The number of nitrogens with zero attached hydrogens (tertiary/aromatic N) is 3. The summed E-state index contributed by atoms with van der Waals surface area (Å²) in [5, 5.41) is 12.9. The molecule has 1 radical (unpaired) electrons. The summed E-state index contributed by atoms with van der Waals surface area (Å²) in [7, 11) is 1.39. The number of halogens is 3. The maximum Gasteiger partial charge on any atom is 0.535 e. The summed E-state index contributed by atoms with van der Waals surface area (Å²) in [5.41, 5.74) is -0.285. The minimum absolute atomic E-state index is 0.00438. The van der Waals surface area contributed by atoms with Crippen LogP contribution in [0.5, 0.6) is 5.75 Å². The van der Waals surface area contributed by atoms with Gasteiger partial charge in [-0.05, 0) is 18.2 Å². The molecule has 0 unspecified atom stereocenters. The molecule has 1 aliphatic heterocycles. The van der Waals surface area contributed by atoms with Crippen LogP contribution in [-0.4, -0.2) is 34.1 Å². The molecule has 0 bridgehead atoms. The summed E-state index contributed by atoms with van der Waals surface area (Å²) in [5.74, 6) is -0.640. The van der Waals surface area contributed by atoms with Crippen LogP contribution in [0.2, 0.25) is 5.15 Å². The second-order valence-electron chi connectivity index (χ2n) is 6.31. The average Bonchev–Trinajstić information content (AvgIpc) is 3.15. The molecular weight excluding hydrogens is 428 g/mol. The monoisotopic (exact) mass is 440 g/mol. The highest BCUT2D eigenvalue weighted by Crippen LogP contribution is 2.39. The Balaban J connectivity index is 1.64. The molecule has 30 heavy (non-hydrogen) atoms. The number of ether oxygens (including phenoxy) is 2. The van der Waals surface area contributed by atoms with Gasteiger partial charge < -0.3 is 19.2 Å². The summed E-state index contributed by atoms with van der Waals surface area (Å²) in [6.45, 7) is -0.135. The fraction of sp³-hybridized carbons (Fsp3) is 0.222. The second-order valence-corrected chi connectivity index (χ2v) is 6.67. The number of hydrogen-bond donors (Lipinski definition) is 1. The minimum atomic E-state index is -3.81. The first kappa shape index (κ1) is 20.3. The lowest BCUT2D eigenvalue weighted by molar-refractivity contribution is -0.344. The SMILES string of the molecule is CN(C(=O)Cn1nc(Cl)c2oc(CO)cc2c1=O)c1cccc2c1[CH]OC(F)(F)O2. The highest BCUT2D eigenvalue weighted by Gasteiger charge is 2.40. The fourth-order valence-electron chi connectivity index (χ4n) is 2.96. The van der Waals surface area contributed by atoms with Crippen molar-refractivity contribution in [1.82, 2.24) is 9.78 Å². The fourth-order valence-corrected chi connectivity index (χ4v) is 3.19. The second kappa shape index (κ2) is 7.35. The number of amides is 1. The number of aliphatic hydroxyl groups excluding tert-OH is 1. The van der Waals surface area contributed by atoms with Crippen LogP contribution in [0.15, 0.2) is 33.5 Å². The van der Waals surface area contributed by atoms with Gasteiger partial charge in [0.2, 0.25) is 5.91 Å². The van der Waals surface area contributed by atoms with Crippen molar-refractivity contribution >= 4 is 34.2 Å². The molecule has 3 aromatic rings. The third-order valence-electron chi connectivity index (χ3n) is 4.41. The van der Waals surface area contributed by atoms with Gasteiger partial charge in [0.25, 0.3) is 5.56 Å². The topological polar surface area (TPSA) is 107 Å². The van der Waals surface area contributed by atoms with Crippen LogP contribution in [0, 0.1) is 6.61 Å². The Morgan fingerprint density at radius 3 is 2.90 bits per heavy atom. The number of benzene rings is 1. The van der Waals surface area contributed by atoms with E-state index in [1.165, 1.54) is 31.3 Å². The van der Waals surface area contributed by atoms with Crippen LogP contribution in [-0.2, 0) is 22.7 Å². The number of anilines is 1. The molecule has 1 amide bonds. The van der Waals surface area contributed by atoms with Gasteiger partial charge in [0.05, 0.1) is 16.6 Å². The van der Waals surface area contributed by atoms with Gasteiger partial charge in [0, 0.05) is 7.05 Å². The molecular formula is C18H13ClF2N3O6. The van der Waals surface area contributed by atoms with E-state index in [-0.39, 0.29) is 38.9 Å². The van der Waals surface area contributed by atoms with E-state index >= 15 is 0 Å². The predicted molar refractivity (Wildman–Crippen MR) is 99.1 cm³/mol. The largest absolute Gasteiger partial charge is 0.535 e. The summed E-state index contributed by atoms with van der Waals surface area (Å²) in [6.07, 6.45) is -3.81. The number of likely N-dealkylation sites (N-methyl/N-ethyl adjacent to an activating group) is 1. The maximum absolute atomic E-state index is 13.3. The number of fused-ring (bicyclic) bond motifs is 2. The normalized spacial score (nSPS) is 15.0. The molecule has 1 aliphatic rings. The number of aliphatic hydroxyl groups is 1. The van der Waals surface area contributed by atoms with Crippen LogP contribution in [0.4, 0.5) is 14.5 Å². The van der Waals surface area contributed by atoms with E-state index in [2.05, 4.69) is 14.6 Å². The number of aromatic nitrogens is 2. The Kier molecular flexibility index (Phi) is 4.96. The zero-order valence-electron chi connectivity index (χ0n) is 15.3. The van der Waals surface area contributed by atoms with Crippen LogP contribution in [0.1, 0.15) is 11.3 Å². The van der Waals surface area contributed by atoms with E-state index in [4.69, 9.17) is 21.1 Å². The third-order valence-corrected chi connectivity index (χ3v) is 4.65. The highest BCUT2D eigenvalue weighted by atomic mass is 35.5. The van der Waals surface area contributed by atoms with Crippen LogP contribution < -0.4 is 15.2 Å². The van der Waals surface area contributed by atoms with Crippen molar-refractivity contribution in [2.24, 2.45) is 0 Å². The lowest BCUT2D eigenvalue weighted by atomic mass is 10.1. The molecule has 0 atom stereocenters. The zero-order chi connectivity index (χ0) is 21.6. The van der Waals surface area contributed by atoms with Gasteiger partial charge in [-0.3, -0.25) is 14.3 Å². The van der Waals surface area contributed by atoms with Gasteiger partial charge in [0.1, 0.15) is 31.3 Å². The summed E-state index contributed by atoms with van der Waals surface area (Å²) in [6, 6.07) is 5.55. The van der Waals surface area contributed by atoms with Gasteiger partial charge in [-0.15, -0.1) is 8.78 Å². The van der Waals surface area contributed by atoms with Crippen molar-refractivity contribution in [1.29, 1.82) is 0 Å². The number of carbonyl (C=O) groups is 1. The van der Waals surface area contributed by atoms with Crippen molar-refractivity contribution in [2.75, 3.05) is 11.9 Å². The first-order chi connectivity index (χ1) is 14.2. The average molecular weight is 441 g/mol. The lowest BCUT2D eigenvalue weighted by Crippen LogP contribution is -2.37. The van der Waals surface area contributed by atoms with E-state index in [1.54, 1.807) is 0 Å². The number of hydrogen-bond acceptors (Lipinski definition) is 7. The molecule has 2 aromatic heterocycles. The van der Waals surface area contributed by atoms with Gasteiger partial charge in [-0.2, -0.15) is 5.10 Å². The van der Waals surface area contributed by atoms with E-state index < -0.39 is 30.9 Å². The lowest BCUT2D eigenvalue weighted by Gasteiger charge is -2.28. The first-order valence-corrected chi connectivity index (χ1v) is 8.85. The van der Waals surface area contributed by atoms with Crippen LogP contribution in [0.25, 0.3) is 11.0 Å². The molecule has 0 aliphatic carbocycles. The first-order valence-electron chi connectivity index (χ1n) is 8.47. The Labute approximate surface area is 172 Å². The van der Waals surface area contributed by atoms with Crippen molar-refractivity contribution in [3.63, 3.8) is 0 Å². The van der Waals surface area contributed by atoms with Gasteiger partial charge in [-0.1, -0.05) is 17.7 Å². The van der Waals surface area contributed by atoms with E-state index in [0.29, 0.717) is 0 Å². The number of furan rings is 1. The van der Waals surface area contributed by atoms with Crippen LogP contribution >= 0.6 is 11.6 Å². The van der Waals surface area contributed by atoms with E-state index in [0.717, 1.165) is 16.2 Å². The maximum atomic E-state index is 13.3. The van der Waals surface area contributed by atoms with Crippen molar-refractivity contribution < 1.29 is 32.6 Å². The molecule has 0 spiro atoms. The Morgan fingerprint density at radius 1 is 1.40 bits per heavy atom. The number of alkyl halides is 2. The predicted octanol–water partition coefficient (Wildman–Crippen LogP) is 2.27. The third kappa shape index (κ3) is 3.51. The van der Waals surface area contributed by atoms with E-state index in [1.807, 2.05) is 0 Å². The van der Waals surface area contributed by atoms with Crippen molar-refractivity contribution in [2.45, 2.75) is 19.4 Å². The summed E-state index contributed by atoms with van der Waals surface area (Å²) < 4.78 is 41.3. The molecule has 1 N–H and O–H groups in total. The summed E-state index contributed by atoms with van der Waals surface area (Å²) >= 11 is 6.03. The van der Waals surface area contributed by atoms with Gasteiger partial charge in [0.15, 0.2) is 10.7 Å². The molecule has 9 nitrogen and oxygen atoms in total. The standard InChI is InChI=1S/C18H13ClF2N3O6/c1-23(12-3-2-4-13-11(12)8-28-18(20,21)30-13)14(26)6-24-17(27)10-5-9(7-25)29-15(10)16(19)22-24/h2-5,8,25H,6-7H2,1H3. The van der Waals surface area contributed by atoms with Crippen molar-refractivity contribution in [3.05, 3.63) is 57.7 Å². The Morgan fingerprint density at radius 2 is 2.17 bits per heavy atom. The highest BCUT2D eigenvalue weighted by molar-refractivity contribution is 6.33. The quantitative estimate of drug-likeness (QED) is 0.663. The molecule has 0 saturated carbocycles. The molecule has 0 fully saturated rings. The molecule has 3 heterocycles. The Hall–Kier alpha value is -3.02. The Bertz CT molecular complexity index is 1210.